The Morgan fingerprint density at radius 2 is 1.78 bits per heavy atom. The smallest absolute Gasteiger partial charge is 0.221 e. The van der Waals surface area contributed by atoms with Crippen LogP contribution in [-0.2, 0) is 4.79 Å². The van der Waals surface area contributed by atoms with E-state index in [-0.39, 0.29) is 5.91 Å². The molecule has 0 atom stereocenters. The molecule has 0 heterocycles. The summed E-state index contributed by atoms with van der Waals surface area (Å²) in [6, 6.07) is 7.51. The number of hydrogen-bond acceptors (Lipinski definition) is 3. The first-order chi connectivity index (χ1) is 8.57. The molecule has 1 amide bonds. The standard InChI is InChI=1S/C14H20N2O2/c1-11(17)16-13-6-4-12(5-7-13)15-10-14(18)8-2-3-9-14/h4-7,15,18H,2-3,8-10H2,1H3,(H,16,17). The second kappa shape index (κ2) is 5.40. The lowest BCUT2D eigenvalue weighted by atomic mass is 10.0. The lowest BCUT2D eigenvalue weighted by Gasteiger charge is -2.23. The number of carbonyl (C=O) groups excluding carboxylic acids is 1. The van der Waals surface area contributed by atoms with Crippen LogP contribution < -0.4 is 10.6 Å². The summed E-state index contributed by atoms with van der Waals surface area (Å²) in [4.78, 5) is 10.9. The van der Waals surface area contributed by atoms with Gasteiger partial charge in [-0.15, -0.1) is 0 Å². The van der Waals surface area contributed by atoms with Gasteiger partial charge in [-0.3, -0.25) is 4.79 Å². The maximum Gasteiger partial charge on any atom is 0.221 e. The van der Waals surface area contributed by atoms with E-state index in [1.165, 1.54) is 6.92 Å². The number of hydrogen-bond donors (Lipinski definition) is 3. The largest absolute Gasteiger partial charge is 0.388 e. The lowest BCUT2D eigenvalue weighted by molar-refractivity contribution is -0.114. The third kappa shape index (κ3) is 3.47. The Kier molecular flexibility index (Phi) is 3.87. The molecule has 4 nitrogen and oxygen atoms in total. The molecule has 1 aromatic carbocycles. The van der Waals surface area contributed by atoms with E-state index >= 15 is 0 Å². The van der Waals surface area contributed by atoms with Crippen LogP contribution in [0.1, 0.15) is 32.6 Å². The predicted octanol–water partition coefficient (Wildman–Crippen LogP) is 2.36. The van der Waals surface area contributed by atoms with Gasteiger partial charge in [-0.2, -0.15) is 0 Å². The molecule has 18 heavy (non-hydrogen) atoms. The monoisotopic (exact) mass is 248 g/mol. The van der Waals surface area contributed by atoms with Gasteiger partial charge in [0.2, 0.25) is 5.91 Å². The Bertz CT molecular complexity index is 408. The number of benzene rings is 1. The minimum absolute atomic E-state index is 0.0732. The predicted molar refractivity (Wildman–Crippen MR) is 72.7 cm³/mol. The zero-order valence-corrected chi connectivity index (χ0v) is 10.7. The van der Waals surface area contributed by atoms with E-state index in [0.29, 0.717) is 6.54 Å². The van der Waals surface area contributed by atoms with E-state index in [1.54, 1.807) is 0 Å². The zero-order chi connectivity index (χ0) is 13.0. The van der Waals surface area contributed by atoms with E-state index in [1.807, 2.05) is 24.3 Å². The highest BCUT2D eigenvalue weighted by Crippen LogP contribution is 2.29. The second-order valence-corrected chi connectivity index (χ2v) is 5.04. The van der Waals surface area contributed by atoms with Crippen LogP contribution in [0.2, 0.25) is 0 Å². The number of amides is 1. The third-order valence-electron chi connectivity index (χ3n) is 3.36. The summed E-state index contributed by atoms with van der Waals surface area (Å²) in [5.41, 5.74) is 1.20. The SMILES string of the molecule is CC(=O)Nc1ccc(NCC2(O)CCCC2)cc1. The van der Waals surface area contributed by atoms with E-state index in [9.17, 15) is 9.90 Å². The average Bonchev–Trinajstić information content (AvgIpc) is 2.75. The van der Waals surface area contributed by atoms with E-state index in [4.69, 9.17) is 0 Å². The van der Waals surface area contributed by atoms with Crippen molar-refractivity contribution in [3.8, 4) is 0 Å². The Labute approximate surface area is 107 Å². The van der Waals surface area contributed by atoms with Gasteiger partial charge >= 0.3 is 0 Å². The molecular weight excluding hydrogens is 228 g/mol. The van der Waals surface area contributed by atoms with Crippen LogP contribution in [0.3, 0.4) is 0 Å². The van der Waals surface area contributed by atoms with Crippen molar-refractivity contribution in [2.45, 2.75) is 38.2 Å². The molecule has 1 aliphatic carbocycles. The van der Waals surface area contributed by atoms with Crippen LogP contribution in [0.4, 0.5) is 11.4 Å². The van der Waals surface area contributed by atoms with Gasteiger partial charge in [0, 0.05) is 24.8 Å². The molecule has 1 saturated carbocycles. The topological polar surface area (TPSA) is 61.4 Å². The van der Waals surface area contributed by atoms with Crippen molar-refractivity contribution < 1.29 is 9.90 Å². The van der Waals surface area contributed by atoms with Crippen molar-refractivity contribution in [1.29, 1.82) is 0 Å². The summed E-state index contributed by atoms with van der Waals surface area (Å²) in [7, 11) is 0. The first-order valence-corrected chi connectivity index (χ1v) is 6.41. The van der Waals surface area contributed by atoms with Gasteiger partial charge in [0.05, 0.1) is 5.60 Å². The molecule has 3 N–H and O–H groups in total. The maximum atomic E-state index is 10.9. The molecule has 0 saturated heterocycles. The first kappa shape index (κ1) is 12.9. The van der Waals surface area contributed by atoms with E-state index in [0.717, 1.165) is 37.1 Å². The first-order valence-electron chi connectivity index (χ1n) is 6.41. The molecule has 2 rings (SSSR count). The zero-order valence-electron chi connectivity index (χ0n) is 10.7. The molecule has 1 aromatic rings. The molecule has 0 spiro atoms. The maximum absolute atomic E-state index is 10.9. The van der Waals surface area contributed by atoms with Crippen LogP contribution in [-0.4, -0.2) is 23.2 Å². The molecule has 0 bridgehead atoms. The Hall–Kier alpha value is -1.55. The summed E-state index contributed by atoms with van der Waals surface area (Å²) in [5.74, 6) is -0.0732. The van der Waals surface area contributed by atoms with Crippen molar-refractivity contribution in [3.63, 3.8) is 0 Å². The van der Waals surface area contributed by atoms with Gasteiger partial charge in [-0.05, 0) is 37.1 Å². The van der Waals surface area contributed by atoms with Crippen molar-refractivity contribution in [2.75, 3.05) is 17.2 Å². The van der Waals surface area contributed by atoms with Crippen LogP contribution in [0.25, 0.3) is 0 Å². The quantitative estimate of drug-likeness (QED) is 0.766. The number of rotatable bonds is 4. The highest BCUT2D eigenvalue weighted by molar-refractivity contribution is 5.88. The fraction of sp³-hybridized carbons (Fsp3) is 0.500. The molecular formula is C14H20N2O2. The van der Waals surface area contributed by atoms with Crippen molar-refractivity contribution in [1.82, 2.24) is 0 Å². The summed E-state index contributed by atoms with van der Waals surface area (Å²) in [6.45, 7) is 2.08. The highest BCUT2D eigenvalue weighted by Gasteiger charge is 2.30. The van der Waals surface area contributed by atoms with E-state index in [2.05, 4.69) is 10.6 Å². The number of nitrogens with one attached hydrogen (secondary N) is 2. The third-order valence-corrected chi connectivity index (χ3v) is 3.36. The number of carbonyl (C=O) groups is 1. The van der Waals surface area contributed by atoms with E-state index < -0.39 is 5.60 Å². The van der Waals surface area contributed by atoms with Gasteiger partial charge < -0.3 is 15.7 Å². The van der Waals surface area contributed by atoms with Gasteiger partial charge in [0.1, 0.15) is 0 Å². The summed E-state index contributed by atoms with van der Waals surface area (Å²) in [5, 5.41) is 16.2. The fourth-order valence-electron chi connectivity index (χ4n) is 2.35. The molecule has 1 aliphatic rings. The molecule has 0 aromatic heterocycles. The molecule has 0 radical (unpaired) electrons. The van der Waals surface area contributed by atoms with Crippen LogP contribution in [0.5, 0.6) is 0 Å². The number of aliphatic hydroxyl groups is 1. The van der Waals surface area contributed by atoms with Crippen LogP contribution in [0.15, 0.2) is 24.3 Å². The van der Waals surface area contributed by atoms with Gasteiger partial charge in [0.25, 0.3) is 0 Å². The van der Waals surface area contributed by atoms with Crippen molar-refractivity contribution in [3.05, 3.63) is 24.3 Å². The van der Waals surface area contributed by atoms with Gasteiger partial charge in [-0.25, -0.2) is 0 Å². The normalized spacial score (nSPS) is 17.4. The van der Waals surface area contributed by atoms with Gasteiger partial charge in [-0.1, -0.05) is 12.8 Å². The highest BCUT2D eigenvalue weighted by atomic mass is 16.3. The minimum Gasteiger partial charge on any atom is -0.388 e. The molecule has 0 unspecified atom stereocenters. The summed E-state index contributed by atoms with van der Waals surface area (Å²) < 4.78 is 0. The van der Waals surface area contributed by atoms with Crippen molar-refractivity contribution >= 4 is 17.3 Å². The van der Waals surface area contributed by atoms with Crippen LogP contribution >= 0.6 is 0 Å². The van der Waals surface area contributed by atoms with Crippen molar-refractivity contribution in [2.24, 2.45) is 0 Å². The Morgan fingerprint density at radius 1 is 1.22 bits per heavy atom. The fourth-order valence-corrected chi connectivity index (χ4v) is 2.35. The lowest BCUT2D eigenvalue weighted by Crippen LogP contribution is -2.33. The van der Waals surface area contributed by atoms with Gasteiger partial charge in [0.15, 0.2) is 0 Å². The summed E-state index contributed by atoms with van der Waals surface area (Å²) >= 11 is 0. The molecule has 4 heteroatoms. The van der Waals surface area contributed by atoms with Crippen LogP contribution in [0, 0.1) is 0 Å². The number of anilines is 2. The molecule has 0 aliphatic heterocycles. The molecule has 98 valence electrons. The second-order valence-electron chi connectivity index (χ2n) is 5.04. The summed E-state index contributed by atoms with van der Waals surface area (Å²) in [6.07, 6.45) is 3.98. The Morgan fingerprint density at radius 3 is 2.33 bits per heavy atom. The average molecular weight is 248 g/mol. The minimum atomic E-state index is -0.545. The Balaban J connectivity index is 1.88. The molecule has 1 fully saturated rings.